The molecule has 0 spiro atoms. The van der Waals surface area contributed by atoms with Crippen molar-refractivity contribution in [1.82, 2.24) is 4.90 Å². The Labute approximate surface area is 105 Å². The standard InChI is InChI=1S/C10H20N2O.2ClH/c1-7(2)10-5-12-4-8(11)3-9(12)6-13-10;;/h7-10H,3-6,11H2,1-2H3;2*1H/t8-,9-,10+;;/m0../s1. The molecule has 0 bridgehead atoms. The normalized spacial score (nSPS) is 35.6. The number of rotatable bonds is 1. The third kappa shape index (κ3) is 3.46. The molecular weight excluding hydrogens is 235 g/mol. The summed E-state index contributed by atoms with van der Waals surface area (Å²) in [5.74, 6) is 0.623. The summed E-state index contributed by atoms with van der Waals surface area (Å²) < 4.78 is 5.80. The zero-order valence-electron chi connectivity index (χ0n) is 9.39. The van der Waals surface area contributed by atoms with Crippen LogP contribution in [-0.4, -0.2) is 42.8 Å². The number of hydrogen-bond donors (Lipinski definition) is 1. The second-order valence-corrected chi connectivity index (χ2v) is 4.72. The van der Waals surface area contributed by atoms with Crippen LogP contribution in [0.3, 0.4) is 0 Å². The molecule has 0 saturated carbocycles. The van der Waals surface area contributed by atoms with Gasteiger partial charge in [0, 0.05) is 25.2 Å². The first-order valence-electron chi connectivity index (χ1n) is 5.28. The highest BCUT2D eigenvalue weighted by Gasteiger charge is 2.36. The molecule has 0 radical (unpaired) electrons. The molecule has 2 N–H and O–H groups in total. The maximum Gasteiger partial charge on any atom is 0.0725 e. The van der Waals surface area contributed by atoms with E-state index in [2.05, 4.69) is 18.7 Å². The lowest BCUT2D eigenvalue weighted by atomic mass is 10.0. The summed E-state index contributed by atoms with van der Waals surface area (Å²) in [5, 5.41) is 0. The van der Waals surface area contributed by atoms with Gasteiger partial charge in [-0.15, -0.1) is 24.8 Å². The van der Waals surface area contributed by atoms with E-state index in [4.69, 9.17) is 10.5 Å². The first-order chi connectivity index (χ1) is 6.16. The quantitative estimate of drug-likeness (QED) is 0.769. The van der Waals surface area contributed by atoms with Crippen LogP contribution in [0.4, 0.5) is 0 Å². The first-order valence-corrected chi connectivity index (χ1v) is 5.28. The van der Waals surface area contributed by atoms with Crippen molar-refractivity contribution in [3.63, 3.8) is 0 Å². The molecule has 0 unspecified atom stereocenters. The van der Waals surface area contributed by atoms with Crippen molar-refractivity contribution >= 4 is 24.8 Å². The highest BCUT2D eigenvalue weighted by Crippen LogP contribution is 2.24. The van der Waals surface area contributed by atoms with E-state index in [1.165, 1.54) is 0 Å². The van der Waals surface area contributed by atoms with Crippen molar-refractivity contribution in [3.8, 4) is 0 Å². The summed E-state index contributed by atoms with van der Waals surface area (Å²) in [4.78, 5) is 2.50. The van der Waals surface area contributed by atoms with Crippen LogP contribution in [0, 0.1) is 5.92 Å². The maximum absolute atomic E-state index is 5.92. The summed E-state index contributed by atoms with van der Waals surface area (Å²) in [7, 11) is 0. The average molecular weight is 257 g/mol. The molecule has 2 saturated heterocycles. The Hall–Kier alpha value is 0.460. The van der Waals surface area contributed by atoms with Gasteiger partial charge >= 0.3 is 0 Å². The molecule has 0 aliphatic carbocycles. The number of ether oxygens (including phenoxy) is 1. The van der Waals surface area contributed by atoms with E-state index in [0.717, 1.165) is 26.1 Å². The highest BCUT2D eigenvalue weighted by atomic mass is 35.5. The van der Waals surface area contributed by atoms with Gasteiger partial charge < -0.3 is 10.5 Å². The van der Waals surface area contributed by atoms with Gasteiger partial charge in [0.15, 0.2) is 0 Å². The Morgan fingerprint density at radius 3 is 2.53 bits per heavy atom. The number of nitrogens with zero attached hydrogens (tertiary/aromatic N) is 1. The summed E-state index contributed by atoms with van der Waals surface area (Å²) in [6, 6.07) is 0.976. The van der Waals surface area contributed by atoms with Gasteiger partial charge in [-0.25, -0.2) is 0 Å². The molecule has 2 rings (SSSR count). The molecule has 0 amide bonds. The van der Waals surface area contributed by atoms with E-state index >= 15 is 0 Å². The minimum Gasteiger partial charge on any atom is -0.375 e. The summed E-state index contributed by atoms with van der Waals surface area (Å²) in [6.45, 7) is 7.48. The van der Waals surface area contributed by atoms with Crippen LogP contribution in [0.5, 0.6) is 0 Å². The first kappa shape index (κ1) is 15.5. The van der Waals surface area contributed by atoms with Crippen LogP contribution in [-0.2, 0) is 4.74 Å². The average Bonchev–Trinajstić information content (AvgIpc) is 2.42. The summed E-state index contributed by atoms with van der Waals surface area (Å²) in [6.07, 6.45) is 1.53. The van der Waals surface area contributed by atoms with E-state index in [1.807, 2.05) is 0 Å². The van der Waals surface area contributed by atoms with Crippen LogP contribution >= 0.6 is 24.8 Å². The number of halogens is 2. The van der Waals surface area contributed by atoms with Gasteiger partial charge in [-0.2, -0.15) is 0 Å². The third-order valence-electron chi connectivity index (χ3n) is 3.22. The van der Waals surface area contributed by atoms with Gasteiger partial charge in [-0.05, 0) is 12.3 Å². The fourth-order valence-electron chi connectivity index (χ4n) is 2.34. The fourth-order valence-corrected chi connectivity index (χ4v) is 2.34. The molecule has 92 valence electrons. The molecule has 2 fully saturated rings. The Morgan fingerprint density at radius 1 is 1.27 bits per heavy atom. The Kier molecular flexibility index (Phi) is 6.45. The van der Waals surface area contributed by atoms with E-state index < -0.39 is 0 Å². The molecule has 2 aliphatic heterocycles. The van der Waals surface area contributed by atoms with E-state index in [9.17, 15) is 0 Å². The molecule has 0 aromatic carbocycles. The van der Waals surface area contributed by atoms with Gasteiger partial charge in [0.1, 0.15) is 0 Å². The SMILES string of the molecule is CC(C)[C@H]1CN2C[C@@H](N)C[C@H]2CO1.Cl.Cl. The van der Waals surface area contributed by atoms with E-state index in [-0.39, 0.29) is 24.8 Å². The summed E-state index contributed by atoms with van der Waals surface area (Å²) in [5.41, 5.74) is 5.92. The Morgan fingerprint density at radius 2 is 1.93 bits per heavy atom. The maximum atomic E-state index is 5.92. The van der Waals surface area contributed by atoms with Gasteiger partial charge in [0.2, 0.25) is 0 Å². The van der Waals surface area contributed by atoms with Gasteiger partial charge in [0.05, 0.1) is 12.7 Å². The molecule has 3 atom stereocenters. The molecule has 5 heteroatoms. The third-order valence-corrected chi connectivity index (χ3v) is 3.22. The van der Waals surface area contributed by atoms with Crippen molar-refractivity contribution < 1.29 is 4.74 Å². The molecule has 0 aromatic rings. The van der Waals surface area contributed by atoms with Crippen molar-refractivity contribution in [2.45, 2.75) is 38.5 Å². The monoisotopic (exact) mass is 256 g/mol. The second-order valence-electron chi connectivity index (χ2n) is 4.72. The smallest absolute Gasteiger partial charge is 0.0725 e. The predicted molar refractivity (Wildman–Crippen MR) is 67.0 cm³/mol. The Bertz CT molecular complexity index is 192. The molecule has 2 heterocycles. The van der Waals surface area contributed by atoms with Crippen molar-refractivity contribution in [2.24, 2.45) is 11.7 Å². The minimum absolute atomic E-state index is 0. The lowest BCUT2D eigenvalue weighted by molar-refractivity contribution is -0.0683. The van der Waals surface area contributed by atoms with E-state index in [1.54, 1.807) is 0 Å². The molecular formula is C10H22Cl2N2O. The number of fused-ring (bicyclic) bond motifs is 1. The molecule has 2 aliphatic rings. The van der Waals surface area contributed by atoms with Crippen LogP contribution < -0.4 is 5.73 Å². The Balaban J connectivity index is 0.000000980. The molecule has 3 nitrogen and oxygen atoms in total. The second kappa shape index (κ2) is 6.26. The lowest BCUT2D eigenvalue weighted by Gasteiger charge is -2.36. The number of nitrogens with two attached hydrogens (primary N) is 1. The zero-order chi connectivity index (χ0) is 9.42. The lowest BCUT2D eigenvalue weighted by Crippen LogP contribution is -2.48. The zero-order valence-corrected chi connectivity index (χ0v) is 11.0. The van der Waals surface area contributed by atoms with Crippen molar-refractivity contribution in [1.29, 1.82) is 0 Å². The van der Waals surface area contributed by atoms with E-state index in [0.29, 0.717) is 24.1 Å². The van der Waals surface area contributed by atoms with Crippen LogP contribution in [0.1, 0.15) is 20.3 Å². The molecule has 15 heavy (non-hydrogen) atoms. The minimum atomic E-state index is 0. The largest absolute Gasteiger partial charge is 0.375 e. The summed E-state index contributed by atoms with van der Waals surface area (Å²) >= 11 is 0. The highest BCUT2D eigenvalue weighted by molar-refractivity contribution is 5.85. The van der Waals surface area contributed by atoms with Crippen LogP contribution in [0.15, 0.2) is 0 Å². The van der Waals surface area contributed by atoms with Gasteiger partial charge in [-0.3, -0.25) is 4.90 Å². The fraction of sp³-hybridized carbons (Fsp3) is 1.00. The van der Waals surface area contributed by atoms with Crippen molar-refractivity contribution in [2.75, 3.05) is 19.7 Å². The number of hydrogen-bond acceptors (Lipinski definition) is 3. The predicted octanol–water partition coefficient (Wildman–Crippen LogP) is 1.29. The van der Waals surface area contributed by atoms with Crippen molar-refractivity contribution in [3.05, 3.63) is 0 Å². The topological polar surface area (TPSA) is 38.5 Å². The van der Waals surface area contributed by atoms with Gasteiger partial charge in [-0.1, -0.05) is 13.8 Å². The van der Waals surface area contributed by atoms with Crippen LogP contribution in [0.2, 0.25) is 0 Å². The molecule has 0 aromatic heterocycles. The van der Waals surface area contributed by atoms with Gasteiger partial charge in [0.25, 0.3) is 0 Å². The number of morpholine rings is 1. The van der Waals surface area contributed by atoms with Crippen LogP contribution in [0.25, 0.3) is 0 Å².